The van der Waals surface area contributed by atoms with Crippen LogP contribution in [0.2, 0.25) is 0 Å². The normalized spacial score (nSPS) is 12.1. The third-order valence-corrected chi connectivity index (χ3v) is 3.16. The van der Waals surface area contributed by atoms with E-state index in [1.54, 1.807) is 11.8 Å². The Morgan fingerprint density at radius 1 is 1.47 bits per heavy atom. The van der Waals surface area contributed by atoms with Gasteiger partial charge < -0.3 is 15.5 Å². The summed E-state index contributed by atoms with van der Waals surface area (Å²) < 4.78 is 0. The average Bonchev–Trinajstić information content (AvgIpc) is 2.28. The number of hydrogen-bond acceptors (Lipinski definition) is 4. The molecule has 1 rings (SSSR count). The summed E-state index contributed by atoms with van der Waals surface area (Å²) in [6.45, 7) is 2.00. The number of carbonyl (C=O) groups excluding carboxylic acids is 1. The molecule has 4 nitrogen and oxygen atoms in total. The molecule has 1 aromatic rings. The topological polar surface area (TPSA) is 69.6 Å². The quantitative estimate of drug-likeness (QED) is 0.752. The van der Waals surface area contributed by atoms with Crippen LogP contribution < -0.4 is 5.32 Å². The van der Waals surface area contributed by atoms with Crippen molar-refractivity contribution in [3.63, 3.8) is 0 Å². The summed E-state index contributed by atoms with van der Waals surface area (Å²) in [5.41, 5.74) is 0.183. The molecule has 0 aromatic heterocycles. The standard InChI is InChI=1S/C12H17NO3S/c1-3-8(7-17-2)13-12(16)10-5-4-9(14)6-11(10)15/h4-6,8,14-15H,3,7H2,1-2H3,(H,13,16). The zero-order valence-electron chi connectivity index (χ0n) is 9.93. The van der Waals surface area contributed by atoms with Gasteiger partial charge >= 0.3 is 0 Å². The molecule has 5 heteroatoms. The van der Waals surface area contributed by atoms with Gasteiger partial charge in [0.2, 0.25) is 0 Å². The number of nitrogens with one attached hydrogen (secondary N) is 1. The minimum atomic E-state index is -0.316. The molecule has 1 aromatic carbocycles. The van der Waals surface area contributed by atoms with Crippen LogP contribution >= 0.6 is 11.8 Å². The van der Waals surface area contributed by atoms with Gasteiger partial charge in [-0.05, 0) is 24.8 Å². The minimum absolute atomic E-state index is 0.0600. The first-order valence-electron chi connectivity index (χ1n) is 5.40. The molecule has 0 heterocycles. The van der Waals surface area contributed by atoms with Crippen LogP contribution in [0.1, 0.15) is 23.7 Å². The Labute approximate surface area is 105 Å². The van der Waals surface area contributed by atoms with Gasteiger partial charge in [-0.2, -0.15) is 11.8 Å². The third-order valence-electron chi connectivity index (χ3n) is 2.42. The van der Waals surface area contributed by atoms with E-state index in [9.17, 15) is 9.90 Å². The van der Waals surface area contributed by atoms with Gasteiger partial charge in [0, 0.05) is 17.9 Å². The predicted molar refractivity (Wildman–Crippen MR) is 69.7 cm³/mol. The molecule has 0 radical (unpaired) electrons. The van der Waals surface area contributed by atoms with Crippen LogP contribution in [0.15, 0.2) is 18.2 Å². The fourth-order valence-corrected chi connectivity index (χ4v) is 2.16. The first-order chi connectivity index (χ1) is 8.08. The third kappa shape index (κ3) is 3.85. The lowest BCUT2D eigenvalue weighted by molar-refractivity contribution is 0.0937. The van der Waals surface area contributed by atoms with Crippen molar-refractivity contribution in [1.29, 1.82) is 0 Å². The van der Waals surface area contributed by atoms with Gasteiger partial charge in [0.05, 0.1) is 5.56 Å². The van der Waals surface area contributed by atoms with E-state index in [4.69, 9.17) is 5.11 Å². The molecule has 94 valence electrons. The second kappa shape index (κ2) is 6.39. The number of rotatable bonds is 5. The van der Waals surface area contributed by atoms with E-state index in [-0.39, 0.29) is 29.0 Å². The zero-order chi connectivity index (χ0) is 12.8. The average molecular weight is 255 g/mol. The summed E-state index contributed by atoms with van der Waals surface area (Å²) in [6, 6.07) is 4.03. The Kier molecular flexibility index (Phi) is 5.15. The number of phenols is 2. The summed E-state index contributed by atoms with van der Waals surface area (Å²) in [5, 5.41) is 21.5. The zero-order valence-corrected chi connectivity index (χ0v) is 10.8. The second-order valence-electron chi connectivity index (χ2n) is 3.74. The van der Waals surface area contributed by atoms with Crippen molar-refractivity contribution < 1.29 is 15.0 Å². The number of thioether (sulfide) groups is 1. The van der Waals surface area contributed by atoms with Gasteiger partial charge in [0.1, 0.15) is 11.5 Å². The molecule has 1 atom stereocenters. The first kappa shape index (κ1) is 13.7. The Balaban J connectivity index is 2.75. The molecule has 3 N–H and O–H groups in total. The molecule has 1 unspecified atom stereocenters. The van der Waals surface area contributed by atoms with Crippen LogP contribution in [0.4, 0.5) is 0 Å². The van der Waals surface area contributed by atoms with Crippen molar-refractivity contribution >= 4 is 17.7 Å². The molecular weight excluding hydrogens is 238 g/mol. The smallest absolute Gasteiger partial charge is 0.255 e. The fourth-order valence-electron chi connectivity index (χ4n) is 1.44. The highest BCUT2D eigenvalue weighted by molar-refractivity contribution is 7.98. The predicted octanol–water partition coefficient (Wildman–Crippen LogP) is 1.97. The van der Waals surface area contributed by atoms with E-state index in [1.165, 1.54) is 12.1 Å². The molecule has 0 bridgehead atoms. The lowest BCUT2D eigenvalue weighted by Crippen LogP contribution is -2.36. The number of carbonyl (C=O) groups is 1. The Morgan fingerprint density at radius 3 is 2.71 bits per heavy atom. The first-order valence-corrected chi connectivity index (χ1v) is 6.79. The lowest BCUT2D eigenvalue weighted by Gasteiger charge is -2.16. The highest BCUT2D eigenvalue weighted by Crippen LogP contribution is 2.22. The molecule has 0 aliphatic carbocycles. The number of hydrogen-bond donors (Lipinski definition) is 3. The Bertz CT molecular complexity index is 395. The molecule has 0 saturated carbocycles. The fraction of sp³-hybridized carbons (Fsp3) is 0.417. The van der Waals surface area contributed by atoms with E-state index in [2.05, 4.69) is 5.32 Å². The monoisotopic (exact) mass is 255 g/mol. The maximum atomic E-state index is 11.9. The van der Waals surface area contributed by atoms with Crippen molar-refractivity contribution in [3.05, 3.63) is 23.8 Å². The molecular formula is C12H17NO3S. The van der Waals surface area contributed by atoms with Crippen molar-refractivity contribution in [1.82, 2.24) is 5.32 Å². The summed E-state index contributed by atoms with van der Waals surface area (Å²) in [4.78, 5) is 11.9. The van der Waals surface area contributed by atoms with E-state index < -0.39 is 0 Å². The maximum absolute atomic E-state index is 11.9. The van der Waals surface area contributed by atoms with Crippen LogP contribution in [0.3, 0.4) is 0 Å². The highest BCUT2D eigenvalue weighted by Gasteiger charge is 2.15. The Hall–Kier alpha value is -1.36. The van der Waals surface area contributed by atoms with Crippen molar-refractivity contribution in [2.24, 2.45) is 0 Å². The van der Waals surface area contributed by atoms with Crippen molar-refractivity contribution in [3.8, 4) is 11.5 Å². The highest BCUT2D eigenvalue weighted by atomic mass is 32.2. The summed E-state index contributed by atoms with van der Waals surface area (Å²) in [5.74, 6) is 0.251. The van der Waals surface area contributed by atoms with Gasteiger partial charge in [0.15, 0.2) is 0 Å². The van der Waals surface area contributed by atoms with Crippen LogP contribution in [-0.4, -0.2) is 34.2 Å². The molecule has 0 saturated heterocycles. The van der Waals surface area contributed by atoms with Gasteiger partial charge in [-0.25, -0.2) is 0 Å². The summed E-state index contributed by atoms with van der Waals surface area (Å²) >= 11 is 1.66. The molecule has 1 amide bonds. The van der Waals surface area contributed by atoms with Crippen LogP contribution in [0, 0.1) is 0 Å². The van der Waals surface area contributed by atoms with Crippen LogP contribution in [0.5, 0.6) is 11.5 Å². The van der Waals surface area contributed by atoms with Gasteiger partial charge in [-0.3, -0.25) is 4.79 Å². The number of aromatic hydroxyl groups is 2. The molecule has 0 aliphatic rings. The van der Waals surface area contributed by atoms with E-state index in [1.807, 2.05) is 13.2 Å². The maximum Gasteiger partial charge on any atom is 0.255 e. The van der Waals surface area contributed by atoms with E-state index in [0.29, 0.717) is 0 Å². The largest absolute Gasteiger partial charge is 0.508 e. The van der Waals surface area contributed by atoms with Gasteiger partial charge in [0.25, 0.3) is 5.91 Å². The summed E-state index contributed by atoms with van der Waals surface area (Å²) in [7, 11) is 0. The van der Waals surface area contributed by atoms with E-state index >= 15 is 0 Å². The van der Waals surface area contributed by atoms with E-state index in [0.717, 1.165) is 18.2 Å². The number of phenolic OH excluding ortho intramolecular Hbond substituents is 2. The minimum Gasteiger partial charge on any atom is -0.508 e. The Morgan fingerprint density at radius 2 is 2.18 bits per heavy atom. The lowest BCUT2D eigenvalue weighted by atomic mass is 10.1. The molecule has 0 spiro atoms. The van der Waals surface area contributed by atoms with Crippen molar-refractivity contribution in [2.45, 2.75) is 19.4 Å². The van der Waals surface area contributed by atoms with Gasteiger partial charge in [-0.15, -0.1) is 0 Å². The van der Waals surface area contributed by atoms with Crippen LogP contribution in [0.25, 0.3) is 0 Å². The molecule has 17 heavy (non-hydrogen) atoms. The van der Waals surface area contributed by atoms with Gasteiger partial charge in [-0.1, -0.05) is 6.92 Å². The molecule has 0 fully saturated rings. The second-order valence-corrected chi connectivity index (χ2v) is 4.65. The SMILES string of the molecule is CCC(CSC)NC(=O)c1ccc(O)cc1O. The van der Waals surface area contributed by atoms with Crippen LogP contribution in [-0.2, 0) is 0 Å². The molecule has 0 aliphatic heterocycles. The number of amides is 1. The van der Waals surface area contributed by atoms with Crippen molar-refractivity contribution in [2.75, 3.05) is 12.0 Å². The number of benzene rings is 1. The summed E-state index contributed by atoms with van der Waals surface area (Å²) in [6.07, 6.45) is 2.82.